The number of hydrogen-bond acceptors (Lipinski definition) is 3. The lowest BCUT2D eigenvalue weighted by molar-refractivity contribution is 0.0754. The third-order valence-electron chi connectivity index (χ3n) is 3.73. The van der Waals surface area contributed by atoms with Gasteiger partial charge in [0.15, 0.2) is 0 Å². The lowest BCUT2D eigenvalue weighted by Gasteiger charge is -2.31. The highest BCUT2D eigenvalue weighted by Crippen LogP contribution is 2.31. The summed E-state index contributed by atoms with van der Waals surface area (Å²) in [6.07, 6.45) is 2.67. The van der Waals surface area contributed by atoms with Crippen molar-refractivity contribution in [3.8, 4) is 0 Å². The number of benzene rings is 1. The summed E-state index contributed by atoms with van der Waals surface area (Å²) in [7, 11) is 1.70. The van der Waals surface area contributed by atoms with Crippen molar-refractivity contribution in [1.29, 1.82) is 0 Å². The zero-order valence-corrected chi connectivity index (χ0v) is 12.1. The Kier molecular flexibility index (Phi) is 7.72. The van der Waals surface area contributed by atoms with Crippen molar-refractivity contribution in [1.82, 2.24) is 0 Å². The van der Waals surface area contributed by atoms with E-state index >= 15 is 0 Å². The Balaban J connectivity index is 2.48. The Labute approximate surface area is 116 Å². The molecule has 0 radical (unpaired) electrons. The van der Waals surface area contributed by atoms with E-state index in [0.29, 0.717) is 13.2 Å². The largest absolute Gasteiger partial charge is 0.395 e. The second kappa shape index (κ2) is 9.08. The second-order valence-corrected chi connectivity index (χ2v) is 4.87. The van der Waals surface area contributed by atoms with Crippen molar-refractivity contribution in [2.75, 3.05) is 33.5 Å². The molecule has 0 bridgehead atoms. The third-order valence-corrected chi connectivity index (χ3v) is 3.73. The Morgan fingerprint density at radius 2 is 1.84 bits per heavy atom. The van der Waals surface area contributed by atoms with Crippen LogP contribution in [-0.4, -0.2) is 38.6 Å². The highest BCUT2D eigenvalue weighted by molar-refractivity contribution is 5.25. The van der Waals surface area contributed by atoms with E-state index in [1.165, 1.54) is 5.56 Å². The van der Waals surface area contributed by atoms with E-state index in [0.717, 1.165) is 25.9 Å². The van der Waals surface area contributed by atoms with Crippen molar-refractivity contribution in [2.45, 2.75) is 31.6 Å². The topological polar surface area (TPSA) is 38.7 Å². The first-order valence-corrected chi connectivity index (χ1v) is 7.02. The summed E-state index contributed by atoms with van der Waals surface area (Å²) in [6.45, 7) is 4.40. The van der Waals surface area contributed by atoms with Crippen LogP contribution in [0.2, 0.25) is 0 Å². The van der Waals surface area contributed by atoms with E-state index in [9.17, 15) is 5.11 Å². The number of aliphatic hydroxyl groups is 1. The molecule has 108 valence electrons. The van der Waals surface area contributed by atoms with Gasteiger partial charge in [-0.1, -0.05) is 37.3 Å². The van der Waals surface area contributed by atoms with E-state index in [2.05, 4.69) is 19.1 Å². The van der Waals surface area contributed by atoms with Crippen LogP contribution >= 0.6 is 0 Å². The van der Waals surface area contributed by atoms with Crippen LogP contribution in [0.1, 0.15) is 31.7 Å². The predicted molar refractivity (Wildman–Crippen MR) is 77.4 cm³/mol. The third kappa shape index (κ3) is 4.94. The number of aliphatic hydroxyl groups excluding tert-OH is 1. The van der Waals surface area contributed by atoms with Gasteiger partial charge in [-0.15, -0.1) is 0 Å². The van der Waals surface area contributed by atoms with Crippen molar-refractivity contribution in [3.63, 3.8) is 0 Å². The van der Waals surface area contributed by atoms with Crippen molar-refractivity contribution in [3.05, 3.63) is 35.9 Å². The summed E-state index contributed by atoms with van der Waals surface area (Å²) in [5.41, 5.74) is 1.02. The summed E-state index contributed by atoms with van der Waals surface area (Å²) < 4.78 is 10.6. The standard InChI is InChI=1S/C16H26O3/c1-3-16(14-17,15-8-5-4-6-9-15)10-13-19-12-7-11-18-2/h4-6,8-9,17H,3,7,10-14H2,1-2H3. The molecule has 1 N–H and O–H groups in total. The lowest BCUT2D eigenvalue weighted by Crippen LogP contribution is -2.31. The quantitative estimate of drug-likeness (QED) is 0.662. The smallest absolute Gasteiger partial charge is 0.0528 e. The van der Waals surface area contributed by atoms with Crippen molar-refractivity contribution < 1.29 is 14.6 Å². The van der Waals surface area contributed by atoms with Crippen LogP contribution in [0.5, 0.6) is 0 Å². The molecule has 0 amide bonds. The number of methoxy groups -OCH3 is 1. The van der Waals surface area contributed by atoms with Crippen LogP contribution in [0.25, 0.3) is 0 Å². The summed E-state index contributed by atoms with van der Waals surface area (Å²) in [4.78, 5) is 0. The van der Waals surface area contributed by atoms with Gasteiger partial charge in [0.1, 0.15) is 0 Å². The van der Waals surface area contributed by atoms with E-state index in [1.54, 1.807) is 7.11 Å². The molecule has 1 unspecified atom stereocenters. The molecule has 3 nitrogen and oxygen atoms in total. The molecular formula is C16H26O3. The first-order chi connectivity index (χ1) is 9.29. The number of ether oxygens (including phenoxy) is 2. The summed E-state index contributed by atoms with van der Waals surface area (Å²) >= 11 is 0. The van der Waals surface area contributed by atoms with Gasteiger partial charge in [0.05, 0.1) is 6.61 Å². The van der Waals surface area contributed by atoms with Gasteiger partial charge < -0.3 is 14.6 Å². The maximum absolute atomic E-state index is 9.80. The number of hydrogen-bond donors (Lipinski definition) is 1. The van der Waals surface area contributed by atoms with Gasteiger partial charge >= 0.3 is 0 Å². The van der Waals surface area contributed by atoms with Gasteiger partial charge in [0.2, 0.25) is 0 Å². The van der Waals surface area contributed by atoms with Gasteiger partial charge in [-0.2, -0.15) is 0 Å². The van der Waals surface area contributed by atoms with E-state index < -0.39 is 0 Å². The molecule has 1 aromatic carbocycles. The fourth-order valence-corrected chi connectivity index (χ4v) is 2.27. The van der Waals surface area contributed by atoms with Crippen molar-refractivity contribution in [2.24, 2.45) is 0 Å². The van der Waals surface area contributed by atoms with Gasteiger partial charge in [-0.05, 0) is 24.8 Å². The minimum absolute atomic E-state index is 0.162. The first-order valence-electron chi connectivity index (χ1n) is 7.02. The first kappa shape index (κ1) is 16.2. The molecule has 0 aliphatic carbocycles. The Hall–Kier alpha value is -0.900. The SMILES string of the molecule is CCC(CO)(CCOCCCOC)c1ccccc1. The minimum atomic E-state index is -0.178. The molecule has 0 heterocycles. The molecule has 0 aromatic heterocycles. The molecule has 3 heteroatoms. The lowest BCUT2D eigenvalue weighted by atomic mass is 9.76. The zero-order chi connectivity index (χ0) is 14.0. The Morgan fingerprint density at radius 3 is 2.42 bits per heavy atom. The van der Waals surface area contributed by atoms with E-state index in [-0.39, 0.29) is 12.0 Å². The molecule has 1 aromatic rings. The molecule has 0 fully saturated rings. The van der Waals surface area contributed by atoms with Gasteiger partial charge in [0.25, 0.3) is 0 Å². The van der Waals surface area contributed by atoms with Gasteiger partial charge in [-0.25, -0.2) is 0 Å². The normalized spacial score (nSPS) is 14.3. The Bertz CT molecular complexity index is 320. The molecule has 19 heavy (non-hydrogen) atoms. The summed E-state index contributed by atoms with van der Waals surface area (Å²) in [6, 6.07) is 10.2. The van der Waals surface area contributed by atoms with Crippen LogP contribution in [0, 0.1) is 0 Å². The Morgan fingerprint density at radius 1 is 1.11 bits per heavy atom. The monoisotopic (exact) mass is 266 g/mol. The molecule has 1 rings (SSSR count). The van der Waals surface area contributed by atoms with E-state index in [1.807, 2.05) is 18.2 Å². The molecule has 0 saturated carbocycles. The van der Waals surface area contributed by atoms with Crippen LogP contribution in [0.15, 0.2) is 30.3 Å². The van der Waals surface area contributed by atoms with Crippen molar-refractivity contribution >= 4 is 0 Å². The highest BCUT2D eigenvalue weighted by atomic mass is 16.5. The zero-order valence-electron chi connectivity index (χ0n) is 12.1. The number of rotatable bonds is 10. The van der Waals surface area contributed by atoms with Crippen LogP contribution < -0.4 is 0 Å². The molecule has 0 aliphatic heterocycles. The minimum Gasteiger partial charge on any atom is -0.395 e. The summed E-state index contributed by atoms with van der Waals surface area (Å²) in [5, 5.41) is 9.80. The second-order valence-electron chi connectivity index (χ2n) is 4.87. The average molecular weight is 266 g/mol. The maximum atomic E-state index is 9.80. The average Bonchev–Trinajstić information content (AvgIpc) is 2.48. The maximum Gasteiger partial charge on any atom is 0.0528 e. The fourth-order valence-electron chi connectivity index (χ4n) is 2.27. The molecule has 0 aliphatic rings. The molecule has 0 saturated heterocycles. The molecule has 1 atom stereocenters. The summed E-state index contributed by atoms with van der Waals surface area (Å²) in [5.74, 6) is 0. The predicted octanol–water partition coefficient (Wildman–Crippen LogP) is 2.77. The molecule has 0 spiro atoms. The van der Waals surface area contributed by atoms with Crippen LogP contribution in [0.4, 0.5) is 0 Å². The van der Waals surface area contributed by atoms with E-state index in [4.69, 9.17) is 9.47 Å². The van der Waals surface area contributed by atoms with Crippen LogP contribution in [-0.2, 0) is 14.9 Å². The highest BCUT2D eigenvalue weighted by Gasteiger charge is 2.29. The van der Waals surface area contributed by atoms with Gasteiger partial charge in [0, 0.05) is 32.3 Å². The van der Waals surface area contributed by atoms with Crippen LogP contribution in [0.3, 0.4) is 0 Å². The van der Waals surface area contributed by atoms with Gasteiger partial charge in [-0.3, -0.25) is 0 Å². The fraction of sp³-hybridized carbons (Fsp3) is 0.625. The molecular weight excluding hydrogens is 240 g/mol.